The smallest absolute Gasteiger partial charge is 0.130 e. The molecule has 0 fully saturated rings. The molecule has 1 N–H and O–H groups in total. The topological polar surface area (TPSA) is 38.7 Å². The Kier molecular flexibility index (Phi) is 3.72. The van der Waals surface area contributed by atoms with Crippen molar-refractivity contribution in [1.29, 1.82) is 0 Å². The van der Waals surface area contributed by atoms with Crippen LogP contribution in [-0.2, 0) is 6.42 Å². The molecular formula is C15H18O3. The first-order valence-electron chi connectivity index (χ1n) is 5.98. The normalized spacial score (nSPS) is 12.4. The van der Waals surface area contributed by atoms with Gasteiger partial charge in [-0.3, -0.25) is 0 Å². The van der Waals surface area contributed by atoms with Gasteiger partial charge >= 0.3 is 0 Å². The number of benzene rings is 2. The minimum absolute atomic E-state index is 0.412. The second kappa shape index (κ2) is 5.27. The van der Waals surface area contributed by atoms with Crippen LogP contribution in [0.3, 0.4) is 0 Å². The standard InChI is InChI=1S/C15H18O3/c1-10(16)8-11-9-14(17-2)12-6-4-5-7-13(12)15(11)18-3/h4-7,9-10,16H,8H2,1-3H3. The second-order valence-electron chi connectivity index (χ2n) is 4.37. The third kappa shape index (κ3) is 2.27. The summed E-state index contributed by atoms with van der Waals surface area (Å²) in [6, 6.07) is 9.88. The van der Waals surface area contributed by atoms with E-state index in [1.807, 2.05) is 30.3 Å². The number of hydrogen-bond donors (Lipinski definition) is 1. The van der Waals surface area contributed by atoms with Crippen molar-refractivity contribution < 1.29 is 14.6 Å². The van der Waals surface area contributed by atoms with Crippen molar-refractivity contribution in [2.45, 2.75) is 19.4 Å². The summed E-state index contributed by atoms with van der Waals surface area (Å²) in [6.07, 6.45) is 0.134. The third-order valence-electron chi connectivity index (χ3n) is 2.97. The van der Waals surface area contributed by atoms with Crippen molar-refractivity contribution in [3.8, 4) is 11.5 Å². The maximum Gasteiger partial charge on any atom is 0.130 e. The minimum atomic E-state index is -0.412. The van der Waals surface area contributed by atoms with E-state index in [0.717, 1.165) is 27.8 Å². The Labute approximate surface area is 107 Å². The Balaban J connectivity index is 2.70. The molecule has 0 aliphatic rings. The Morgan fingerprint density at radius 3 is 2.33 bits per heavy atom. The Bertz CT molecular complexity index is 547. The highest BCUT2D eigenvalue weighted by atomic mass is 16.5. The molecular weight excluding hydrogens is 228 g/mol. The van der Waals surface area contributed by atoms with Gasteiger partial charge in [-0.05, 0) is 13.0 Å². The van der Waals surface area contributed by atoms with Crippen molar-refractivity contribution in [3.63, 3.8) is 0 Å². The van der Waals surface area contributed by atoms with Gasteiger partial charge in [0.05, 0.1) is 20.3 Å². The number of ether oxygens (including phenoxy) is 2. The second-order valence-corrected chi connectivity index (χ2v) is 4.37. The number of hydrogen-bond acceptors (Lipinski definition) is 3. The largest absolute Gasteiger partial charge is 0.496 e. The number of rotatable bonds is 4. The fourth-order valence-corrected chi connectivity index (χ4v) is 2.25. The molecule has 0 saturated heterocycles. The Hall–Kier alpha value is -1.74. The van der Waals surface area contributed by atoms with Crippen molar-refractivity contribution in [2.24, 2.45) is 0 Å². The summed E-state index contributed by atoms with van der Waals surface area (Å²) in [5, 5.41) is 11.6. The van der Waals surface area contributed by atoms with Gasteiger partial charge in [-0.2, -0.15) is 0 Å². The minimum Gasteiger partial charge on any atom is -0.496 e. The van der Waals surface area contributed by atoms with Crippen molar-refractivity contribution >= 4 is 10.8 Å². The fourth-order valence-electron chi connectivity index (χ4n) is 2.25. The lowest BCUT2D eigenvalue weighted by molar-refractivity contribution is 0.194. The molecule has 0 aromatic heterocycles. The van der Waals surface area contributed by atoms with Crippen LogP contribution < -0.4 is 9.47 Å². The molecule has 0 radical (unpaired) electrons. The van der Waals surface area contributed by atoms with Gasteiger partial charge in [0.1, 0.15) is 11.5 Å². The maximum atomic E-state index is 9.57. The molecule has 0 amide bonds. The van der Waals surface area contributed by atoms with E-state index in [9.17, 15) is 5.11 Å². The molecule has 3 nitrogen and oxygen atoms in total. The molecule has 2 rings (SSSR count). The van der Waals surface area contributed by atoms with Crippen molar-refractivity contribution in [1.82, 2.24) is 0 Å². The van der Waals surface area contributed by atoms with Crippen LogP contribution in [0.4, 0.5) is 0 Å². The average Bonchev–Trinajstić information content (AvgIpc) is 2.37. The molecule has 3 heteroatoms. The number of fused-ring (bicyclic) bond motifs is 1. The van der Waals surface area contributed by atoms with E-state index in [4.69, 9.17) is 9.47 Å². The molecule has 18 heavy (non-hydrogen) atoms. The van der Waals surface area contributed by atoms with Crippen LogP contribution in [0, 0.1) is 0 Å². The summed E-state index contributed by atoms with van der Waals surface area (Å²) in [6.45, 7) is 1.76. The van der Waals surface area contributed by atoms with Crippen molar-refractivity contribution in [2.75, 3.05) is 14.2 Å². The number of aliphatic hydroxyl groups is 1. The van der Waals surface area contributed by atoms with Crippen LogP contribution in [0.15, 0.2) is 30.3 Å². The summed E-state index contributed by atoms with van der Waals surface area (Å²) in [5.41, 5.74) is 0.961. The average molecular weight is 246 g/mol. The first-order valence-corrected chi connectivity index (χ1v) is 5.98. The van der Waals surface area contributed by atoms with Crippen LogP contribution in [0.1, 0.15) is 12.5 Å². The Morgan fingerprint density at radius 1 is 1.11 bits per heavy atom. The molecule has 96 valence electrons. The van der Waals surface area contributed by atoms with Gasteiger partial charge in [0.2, 0.25) is 0 Å². The van der Waals surface area contributed by atoms with Gasteiger partial charge in [-0.1, -0.05) is 24.3 Å². The molecule has 0 heterocycles. The molecule has 0 spiro atoms. The van der Waals surface area contributed by atoms with E-state index in [1.54, 1.807) is 21.1 Å². The number of aliphatic hydroxyl groups excluding tert-OH is 1. The summed E-state index contributed by atoms with van der Waals surface area (Å²) < 4.78 is 10.9. The highest BCUT2D eigenvalue weighted by Crippen LogP contribution is 2.37. The molecule has 1 unspecified atom stereocenters. The van der Waals surface area contributed by atoms with E-state index >= 15 is 0 Å². The first kappa shape index (κ1) is 12.7. The SMILES string of the molecule is COc1cc(CC(C)O)c(OC)c2ccccc12. The molecule has 0 saturated carbocycles. The fraction of sp³-hybridized carbons (Fsp3) is 0.333. The van der Waals surface area contributed by atoms with E-state index < -0.39 is 6.10 Å². The summed E-state index contributed by atoms with van der Waals surface area (Å²) in [4.78, 5) is 0. The summed E-state index contributed by atoms with van der Waals surface area (Å²) in [7, 11) is 3.31. The predicted molar refractivity (Wildman–Crippen MR) is 72.4 cm³/mol. The quantitative estimate of drug-likeness (QED) is 0.901. The van der Waals surface area contributed by atoms with E-state index in [0.29, 0.717) is 6.42 Å². The third-order valence-corrected chi connectivity index (χ3v) is 2.97. The van der Waals surface area contributed by atoms with Gasteiger partial charge in [0, 0.05) is 22.8 Å². The molecule has 0 bridgehead atoms. The zero-order chi connectivity index (χ0) is 13.1. The van der Waals surface area contributed by atoms with Crippen LogP contribution in [0.25, 0.3) is 10.8 Å². The first-order chi connectivity index (χ1) is 8.67. The summed E-state index contributed by atoms with van der Waals surface area (Å²) in [5.74, 6) is 1.62. The zero-order valence-electron chi connectivity index (χ0n) is 10.9. The maximum absolute atomic E-state index is 9.57. The van der Waals surface area contributed by atoms with Gasteiger partial charge < -0.3 is 14.6 Å². The Morgan fingerprint density at radius 2 is 1.78 bits per heavy atom. The van der Waals surface area contributed by atoms with Gasteiger partial charge in [-0.25, -0.2) is 0 Å². The van der Waals surface area contributed by atoms with E-state index in [1.165, 1.54) is 0 Å². The highest BCUT2D eigenvalue weighted by Gasteiger charge is 2.14. The molecule has 0 aliphatic carbocycles. The predicted octanol–water partition coefficient (Wildman–Crippen LogP) is 2.78. The lowest BCUT2D eigenvalue weighted by atomic mass is 10.0. The molecule has 1 atom stereocenters. The summed E-state index contributed by atoms with van der Waals surface area (Å²) >= 11 is 0. The molecule has 0 aliphatic heterocycles. The van der Waals surface area contributed by atoms with Gasteiger partial charge in [0.25, 0.3) is 0 Å². The van der Waals surface area contributed by atoms with Crippen LogP contribution in [-0.4, -0.2) is 25.4 Å². The van der Waals surface area contributed by atoms with Gasteiger partial charge in [0.15, 0.2) is 0 Å². The monoisotopic (exact) mass is 246 g/mol. The lowest BCUT2D eigenvalue weighted by Gasteiger charge is -2.15. The highest BCUT2D eigenvalue weighted by molar-refractivity contribution is 5.94. The molecule has 2 aromatic carbocycles. The van der Waals surface area contributed by atoms with Crippen molar-refractivity contribution in [3.05, 3.63) is 35.9 Å². The van der Waals surface area contributed by atoms with E-state index in [-0.39, 0.29) is 0 Å². The van der Waals surface area contributed by atoms with E-state index in [2.05, 4.69) is 0 Å². The zero-order valence-corrected chi connectivity index (χ0v) is 10.9. The van der Waals surface area contributed by atoms with Gasteiger partial charge in [-0.15, -0.1) is 0 Å². The van der Waals surface area contributed by atoms with Crippen LogP contribution >= 0.6 is 0 Å². The van der Waals surface area contributed by atoms with Crippen LogP contribution in [0.2, 0.25) is 0 Å². The lowest BCUT2D eigenvalue weighted by Crippen LogP contribution is -2.06. The molecule has 2 aromatic rings. The van der Waals surface area contributed by atoms with Crippen LogP contribution in [0.5, 0.6) is 11.5 Å². The number of methoxy groups -OCH3 is 2.